The zero-order valence-electron chi connectivity index (χ0n) is 9.46. The van der Waals surface area contributed by atoms with Crippen molar-refractivity contribution in [1.29, 1.82) is 0 Å². The minimum absolute atomic E-state index is 0.208. The van der Waals surface area contributed by atoms with Crippen molar-refractivity contribution < 1.29 is 14.7 Å². The largest absolute Gasteiger partial charge is 0.465 e. The predicted octanol–water partition coefficient (Wildman–Crippen LogP) is 3.01. The number of ketones is 1. The highest BCUT2D eigenvalue weighted by molar-refractivity contribution is 6.13. The molecular formula is C14H11NO3. The van der Waals surface area contributed by atoms with Gasteiger partial charge in [0.15, 0.2) is 5.78 Å². The molecule has 18 heavy (non-hydrogen) atoms. The van der Waals surface area contributed by atoms with Gasteiger partial charge in [0, 0.05) is 11.1 Å². The molecule has 1 amide bonds. The molecule has 4 nitrogen and oxygen atoms in total. The summed E-state index contributed by atoms with van der Waals surface area (Å²) in [5.41, 5.74) is 1.15. The maximum atomic E-state index is 12.2. The van der Waals surface area contributed by atoms with Crippen molar-refractivity contribution in [2.75, 3.05) is 5.32 Å². The summed E-state index contributed by atoms with van der Waals surface area (Å²) in [6.07, 6.45) is -1.19. The summed E-state index contributed by atoms with van der Waals surface area (Å²) in [4.78, 5) is 22.9. The van der Waals surface area contributed by atoms with E-state index in [9.17, 15) is 9.59 Å². The van der Waals surface area contributed by atoms with Crippen molar-refractivity contribution in [1.82, 2.24) is 0 Å². The molecule has 0 unspecified atom stereocenters. The third kappa shape index (κ3) is 2.55. The van der Waals surface area contributed by atoms with Crippen molar-refractivity contribution in [3.8, 4) is 0 Å². The van der Waals surface area contributed by atoms with Crippen molar-refractivity contribution >= 4 is 17.6 Å². The molecule has 2 rings (SSSR count). The van der Waals surface area contributed by atoms with Crippen LogP contribution >= 0.6 is 0 Å². The molecule has 0 atom stereocenters. The third-order valence-corrected chi connectivity index (χ3v) is 2.45. The number of carbonyl (C=O) groups is 2. The van der Waals surface area contributed by atoms with Crippen LogP contribution in [0.25, 0.3) is 0 Å². The lowest BCUT2D eigenvalue weighted by molar-refractivity contribution is 0.103. The first kappa shape index (κ1) is 11.9. The first-order chi connectivity index (χ1) is 8.68. The van der Waals surface area contributed by atoms with Gasteiger partial charge in [-0.15, -0.1) is 0 Å². The molecule has 0 fully saturated rings. The lowest BCUT2D eigenvalue weighted by atomic mass is 10.0. The van der Waals surface area contributed by atoms with Crippen molar-refractivity contribution in [2.45, 2.75) is 0 Å². The summed E-state index contributed by atoms with van der Waals surface area (Å²) in [7, 11) is 0. The number of para-hydroxylation sites is 1. The van der Waals surface area contributed by atoms with E-state index in [4.69, 9.17) is 5.11 Å². The molecular weight excluding hydrogens is 230 g/mol. The summed E-state index contributed by atoms with van der Waals surface area (Å²) in [5.74, 6) is -0.208. The van der Waals surface area contributed by atoms with Crippen LogP contribution in [0.15, 0.2) is 54.6 Å². The Labute approximate surface area is 104 Å². The molecule has 4 heteroatoms. The molecule has 0 saturated heterocycles. The molecule has 0 bridgehead atoms. The van der Waals surface area contributed by atoms with Crippen LogP contribution in [0.2, 0.25) is 0 Å². The Balaban J connectivity index is 2.39. The average molecular weight is 241 g/mol. The molecule has 2 aromatic carbocycles. The summed E-state index contributed by atoms with van der Waals surface area (Å²) in [6, 6.07) is 15.3. The van der Waals surface area contributed by atoms with Crippen LogP contribution in [0.4, 0.5) is 10.5 Å². The Hall–Kier alpha value is -2.62. The van der Waals surface area contributed by atoms with E-state index in [1.165, 1.54) is 0 Å². The van der Waals surface area contributed by atoms with Crippen LogP contribution in [0, 0.1) is 0 Å². The number of nitrogens with one attached hydrogen (secondary N) is 1. The number of hydrogen-bond acceptors (Lipinski definition) is 2. The molecule has 2 N–H and O–H groups in total. The van der Waals surface area contributed by atoms with Gasteiger partial charge in [-0.2, -0.15) is 0 Å². The molecule has 0 radical (unpaired) electrons. The molecule has 90 valence electrons. The first-order valence-corrected chi connectivity index (χ1v) is 5.37. The predicted molar refractivity (Wildman–Crippen MR) is 68.0 cm³/mol. The van der Waals surface area contributed by atoms with E-state index >= 15 is 0 Å². The lowest BCUT2D eigenvalue weighted by Gasteiger charge is -2.07. The van der Waals surface area contributed by atoms with Gasteiger partial charge in [0.25, 0.3) is 0 Å². The van der Waals surface area contributed by atoms with Gasteiger partial charge in [0.05, 0.1) is 5.69 Å². The van der Waals surface area contributed by atoms with E-state index < -0.39 is 6.09 Å². The van der Waals surface area contributed by atoms with Gasteiger partial charge >= 0.3 is 6.09 Å². The second kappa shape index (κ2) is 5.14. The van der Waals surface area contributed by atoms with E-state index in [1.54, 1.807) is 48.5 Å². The fraction of sp³-hybridized carbons (Fsp3) is 0. The van der Waals surface area contributed by atoms with Gasteiger partial charge in [-0.25, -0.2) is 4.79 Å². The standard InChI is InChI=1S/C14H11NO3/c16-13(10-6-2-1-3-7-10)11-8-4-5-9-12(11)15-14(17)18/h1-9,15H,(H,17,18). The van der Waals surface area contributed by atoms with Gasteiger partial charge in [-0.1, -0.05) is 42.5 Å². The number of carboxylic acid groups (broad SMARTS) is 1. The number of amides is 1. The molecule has 0 heterocycles. The summed E-state index contributed by atoms with van der Waals surface area (Å²) in [5, 5.41) is 10.9. The van der Waals surface area contributed by atoms with E-state index in [-0.39, 0.29) is 5.78 Å². The molecule has 0 aromatic heterocycles. The molecule has 2 aromatic rings. The van der Waals surface area contributed by atoms with E-state index in [2.05, 4.69) is 5.32 Å². The Kier molecular flexibility index (Phi) is 3.38. The van der Waals surface area contributed by atoms with Crippen molar-refractivity contribution in [2.24, 2.45) is 0 Å². The highest BCUT2D eigenvalue weighted by Crippen LogP contribution is 2.19. The van der Waals surface area contributed by atoms with Gasteiger partial charge in [0.1, 0.15) is 0 Å². The number of rotatable bonds is 3. The molecule has 0 aliphatic rings. The maximum Gasteiger partial charge on any atom is 0.409 e. The molecule has 0 aliphatic carbocycles. The topological polar surface area (TPSA) is 66.4 Å². The second-order valence-electron chi connectivity index (χ2n) is 3.67. The molecule has 0 spiro atoms. The fourth-order valence-electron chi connectivity index (χ4n) is 1.65. The normalized spacial score (nSPS) is 9.78. The zero-order chi connectivity index (χ0) is 13.0. The summed E-state index contributed by atoms with van der Waals surface area (Å²) < 4.78 is 0. The van der Waals surface area contributed by atoms with Crippen molar-refractivity contribution in [3.63, 3.8) is 0 Å². The highest BCUT2D eigenvalue weighted by Gasteiger charge is 2.13. The quantitative estimate of drug-likeness (QED) is 0.812. The Morgan fingerprint density at radius 3 is 2.17 bits per heavy atom. The van der Waals surface area contributed by atoms with Crippen LogP contribution in [0.1, 0.15) is 15.9 Å². The van der Waals surface area contributed by atoms with Crippen LogP contribution in [-0.4, -0.2) is 17.0 Å². The minimum Gasteiger partial charge on any atom is -0.465 e. The Morgan fingerprint density at radius 1 is 0.889 bits per heavy atom. The van der Waals surface area contributed by atoms with Crippen LogP contribution in [-0.2, 0) is 0 Å². The fourth-order valence-corrected chi connectivity index (χ4v) is 1.65. The van der Waals surface area contributed by atoms with Gasteiger partial charge in [-0.05, 0) is 12.1 Å². The Morgan fingerprint density at radius 2 is 1.50 bits per heavy atom. The molecule has 0 saturated carbocycles. The first-order valence-electron chi connectivity index (χ1n) is 5.37. The van der Waals surface area contributed by atoms with Gasteiger partial charge in [0.2, 0.25) is 0 Å². The van der Waals surface area contributed by atoms with Crippen LogP contribution in [0.5, 0.6) is 0 Å². The summed E-state index contributed by atoms with van der Waals surface area (Å²) >= 11 is 0. The van der Waals surface area contributed by atoms with E-state index in [0.717, 1.165) is 0 Å². The van der Waals surface area contributed by atoms with Gasteiger partial charge < -0.3 is 5.11 Å². The summed E-state index contributed by atoms with van der Waals surface area (Å²) in [6.45, 7) is 0. The number of benzene rings is 2. The van der Waals surface area contributed by atoms with E-state index in [1.807, 2.05) is 6.07 Å². The van der Waals surface area contributed by atoms with E-state index in [0.29, 0.717) is 16.8 Å². The van der Waals surface area contributed by atoms with Crippen LogP contribution < -0.4 is 5.32 Å². The van der Waals surface area contributed by atoms with Crippen molar-refractivity contribution in [3.05, 3.63) is 65.7 Å². The SMILES string of the molecule is O=C(O)Nc1ccccc1C(=O)c1ccccc1. The van der Waals surface area contributed by atoms with Gasteiger partial charge in [-0.3, -0.25) is 10.1 Å². The number of carbonyl (C=O) groups excluding carboxylic acids is 1. The third-order valence-electron chi connectivity index (χ3n) is 2.45. The lowest BCUT2D eigenvalue weighted by Crippen LogP contribution is -2.12. The second-order valence-corrected chi connectivity index (χ2v) is 3.67. The van der Waals surface area contributed by atoms with Crippen LogP contribution in [0.3, 0.4) is 0 Å². The monoisotopic (exact) mass is 241 g/mol. The number of hydrogen-bond donors (Lipinski definition) is 2. The smallest absolute Gasteiger partial charge is 0.409 e. The minimum atomic E-state index is -1.19. The molecule has 0 aliphatic heterocycles. The Bertz CT molecular complexity index is 579. The number of anilines is 1. The highest BCUT2D eigenvalue weighted by atomic mass is 16.4. The average Bonchev–Trinajstić information content (AvgIpc) is 2.39. The zero-order valence-corrected chi connectivity index (χ0v) is 9.46. The maximum absolute atomic E-state index is 12.2.